The fourth-order valence-corrected chi connectivity index (χ4v) is 2.15. The van der Waals surface area contributed by atoms with Crippen LogP contribution < -0.4 is 5.32 Å². The molecule has 1 aromatic rings. The van der Waals surface area contributed by atoms with E-state index in [4.69, 9.17) is 16.7 Å². The molecule has 0 unspecified atom stereocenters. The van der Waals surface area contributed by atoms with Crippen molar-refractivity contribution in [1.82, 2.24) is 0 Å². The number of carboxylic acids is 1. The summed E-state index contributed by atoms with van der Waals surface area (Å²) < 4.78 is 0. The van der Waals surface area contributed by atoms with Crippen LogP contribution in [-0.4, -0.2) is 22.5 Å². The number of anilines is 1. The van der Waals surface area contributed by atoms with Gasteiger partial charge >= 0.3 is 5.97 Å². The van der Waals surface area contributed by atoms with Crippen LogP contribution in [0.25, 0.3) is 0 Å². The number of nitro benzene ring substituents is 1. The van der Waals surface area contributed by atoms with E-state index in [-0.39, 0.29) is 22.0 Å². The molecule has 0 spiro atoms. The molecule has 1 rings (SSSR count). The fraction of sp³-hybridized carbons (Fsp3) is 0.462. The molecule has 0 radical (unpaired) electrons. The largest absolute Gasteiger partial charge is 0.478 e. The van der Waals surface area contributed by atoms with Crippen molar-refractivity contribution in [3.63, 3.8) is 0 Å². The van der Waals surface area contributed by atoms with Crippen LogP contribution in [0, 0.1) is 16.0 Å². The number of halogens is 1. The third kappa shape index (κ3) is 3.84. The standard InChI is InChI=1S/C13H17ClN2O4/c1-3-8(4-2)7-15-12-10(13(17)18)5-9(16(19)20)6-11(12)14/h5-6,8,15H,3-4,7H2,1-2H3,(H,17,18). The van der Waals surface area contributed by atoms with Crippen molar-refractivity contribution in [2.24, 2.45) is 5.92 Å². The highest BCUT2D eigenvalue weighted by Gasteiger charge is 2.20. The van der Waals surface area contributed by atoms with Crippen molar-refractivity contribution in [2.45, 2.75) is 26.7 Å². The molecule has 110 valence electrons. The van der Waals surface area contributed by atoms with E-state index >= 15 is 0 Å². The van der Waals surface area contributed by atoms with E-state index in [1.807, 2.05) is 13.8 Å². The topological polar surface area (TPSA) is 92.5 Å². The normalized spacial score (nSPS) is 10.6. The number of non-ortho nitro benzene ring substituents is 1. The lowest BCUT2D eigenvalue weighted by Crippen LogP contribution is -2.15. The van der Waals surface area contributed by atoms with Crippen molar-refractivity contribution in [3.8, 4) is 0 Å². The van der Waals surface area contributed by atoms with Gasteiger partial charge in [-0.3, -0.25) is 10.1 Å². The first-order valence-electron chi connectivity index (χ1n) is 6.35. The van der Waals surface area contributed by atoms with Crippen LogP contribution in [-0.2, 0) is 0 Å². The Bertz CT molecular complexity index is 515. The highest BCUT2D eigenvalue weighted by molar-refractivity contribution is 6.34. The van der Waals surface area contributed by atoms with Crippen LogP contribution in [0.3, 0.4) is 0 Å². The quantitative estimate of drug-likeness (QED) is 0.590. The minimum absolute atomic E-state index is 0.0440. The van der Waals surface area contributed by atoms with Gasteiger partial charge in [-0.25, -0.2) is 4.79 Å². The molecule has 0 saturated heterocycles. The number of hydrogen-bond acceptors (Lipinski definition) is 4. The van der Waals surface area contributed by atoms with Gasteiger partial charge in [0, 0.05) is 18.7 Å². The number of aromatic carboxylic acids is 1. The maximum absolute atomic E-state index is 11.2. The summed E-state index contributed by atoms with van der Waals surface area (Å²) in [6.45, 7) is 4.67. The molecule has 0 aliphatic carbocycles. The van der Waals surface area contributed by atoms with Crippen LogP contribution in [0.4, 0.5) is 11.4 Å². The smallest absolute Gasteiger partial charge is 0.338 e. The van der Waals surface area contributed by atoms with E-state index in [1.165, 1.54) is 0 Å². The molecule has 0 fully saturated rings. The molecule has 0 aliphatic heterocycles. The summed E-state index contributed by atoms with van der Waals surface area (Å²) in [5, 5.41) is 22.9. The maximum Gasteiger partial charge on any atom is 0.338 e. The second kappa shape index (κ2) is 7.09. The van der Waals surface area contributed by atoms with Gasteiger partial charge in [0.05, 0.1) is 21.2 Å². The number of carboxylic acid groups (broad SMARTS) is 1. The van der Waals surface area contributed by atoms with E-state index in [1.54, 1.807) is 0 Å². The molecule has 6 nitrogen and oxygen atoms in total. The highest BCUT2D eigenvalue weighted by atomic mass is 35.5. The Hall–Kier alpha value is -1.82. The Morgan fingerprint density at radius 1 is 1.45 bits per heavy atom. The molecule has 2 N–H and O–H groups in total. The lowest BCUT2D eigenvalue weighted by atomic mass is 10.0. The zero-order valence-corrected chi connectivity index (χ0v) is 12.1. The average molecular weight is 301 g/mol. The molecule has 0 aromatic heterocycles. The van der Waals surface area contributed by atoms with Gasteiger partial charge in [0.25, 0.3) is 5.69 Å². The first-order chi connectivity index (χ1) is 9.40. The van der Waals surface area contributed by atoms with E-state index < -0.39 is 10.9 Å². The van der Waals surface area contributed by atoms with Crippen molar-refractivity contribution in [3.05, 3.63) is 32.8 Å². The summed E-state index contributed by atoms with van der Waals surface area (Å²) in [7, 11) is 0. The number of benzene rings is 1. The molecule has 1 aromatic carbocycles. The SMILES string of the molecule is CCC(CC)CNc1c(Cl)cc([N+](=O)[O-])cc1C(=O)O. The number of hydrogen-bond donors (Lipinski definition) is 2. The lowest BCUT2D eigenvalue weighted by molar-refractivity contribution is -0.384. The second-order valence-electron chi connectivity index (χ2n) is 4.48. The number of nitrogens with zero attached hydrogens (tertiary/aromatic N) is 1. The number of nitrogens with one attached hydrogen (secondary N) is 1. The molecule has 0 atom stereocenters. The maximum atomic E-state index is 11.2. The molecule has 0 bridgehead atoms. The van der Waals surface area contributed by atoms with Crippen LogP contribution in [0.5, 0.6) is 0 Å². The van der Waals surface area contributed by atoms with Gasteiger partial charge < -0.3 is 10.4 Å². The van der Waals surface area contributed by atoms with Gasteiger partial charge in [0.15, 0.2) is 0 Å². The highest BCUT2D eigenvalue weighted by Crippen LogP contribution is 2.31. The van der Waals surface area contributed by atoms with E-state index in [9.17, 15) is 14.9 Å². The van der Waals surface area contributed by atoms with Gasteiger partial charge in [-0.05, 0) is 5.92 Å². The van der Waals surface area contributed by atoms with E-state index in [0.29, 0.717) is 12.5 Å². The average Bonchev–Trinajstić information content (AvgIpc) is 2.40. The molecule has 0 heterocycles. The van der Waals surface area contributed by atoms with Crippen molar-refractivity contribution < 1.29 is 14.8 Å². The Kier molecular flexibility index (Phi) is 5.76. The fourth-order valence-electron chi connectivity index (χ4n) is 1.87. The molecular formula is C13H17ClN2O4. The third-order valence-electron chi connectivity index (χ3n) is 3.24. The lowest BCUT2D eigenvalue weighted by Gasteiger charge is -2.16. The van der Waals surface area contributed by atoms with Gasteiger partial charge in [-0.15, -0.1) is 0 Å². The van der Waals surface area contributed by atoms with E-state index in [0.717, 1.165) is 25.0 Å². The molecule has 0 amide bonds. The summed E-state index contributed by atoms with van der Waals surface area (Å²) in [6, 6.07) is 2.17. The Labute approximate surface area is 121 Å². The zero-order valence-electron chi connectivity index (χ0n) is 11.4. The number of nitro groups is 1. The Morgan fingerprint density at radius 2 is 2.05 bits per heavy atom. The van der Waals surface area contributed by atoms with Crippen LogP contribution in [0.2, 0.25) is 5.02 Å². The van der Waals surface area contributed by atoms with Gasteiger partial charge in [0.2, 0.25) is 0 Å². The van der Waals surface area contributed by atoms with Crippen LogP contribution in [0.1, 0.15) is 37.0 Å². The van der Waals surface area contributed by atoms with Crippen molar-refractivity contribution in [1.29, 1.82) is 0 Å². The van der Waals surface area contributed by atoms with Crippen molar-refractivity contribution in [2.75, 3.05) is 11.9 Å². The molecular weight excluding hydrogens is 284 g/mol. The Balaban J connectivity index is 3.11. The molecule has 20 heavy (non-hydrogen) atoms. The summed E-state index contributed by atoms with van der Waals surface area (Å²) in [5.74, 6) is -0.856. The predicted molar refractivity (Wildman–Crippen MR) is 77.6 cm³/mol. The number of rotatable bonds is 7. The summed E-state index contributed by atoms with van der Waals surface area (Å²) in [5.41, 5.74) is -0.285. The summed E-state index contributed by atoms with van der Waals surface area (Å²) in [6.07, 6.45) is 1.91. The summed E-state index contributed by atoms with van der Waals surface area (Å²) >= 11 is 5.96. The van der Waals surface area contributed by atoms with Crippen LogP contribution >= 0.6 is 11.6 Å². The first-order valence-corrected chi connectivity index (χ1v) is 6.73. The van der Waals surface area contributed by atoms with Gasteiger partial charge in [0.1, 0.15) is 0 Å². The zero-order chi connectivity index (χ0) is 15.3. The minimum Gasteiger partial charge on any atom is -0.478 e. The van der Waals surface area contributed by atoms with Gasteiger partial charge in [-0.1, -0.05) is 38.3 Å². The third-order valence-corrected chi connectivity index (χ3v) is 3.54. The molecule has 0 saturated carbocycles. The number of carbonyl (C=O) groups is 1. The van der Waals surface area contributed by atoms with Crippen LogP contribution in [0.15, 0.2) is 12.1 Å². The summed E-state index contributed by atoms with van der Waals surface area (Å²) in [4.78, 5) is 21.3. The first kappa shape index (κ1) is 16.2. The monoisotopic (exact) mass is 300 g/mol. The van der Waals surface area contributed by atoms with E-state index in [2.05, 4.69) is 5.32 Å². The second-order valence-corrected chi connectivity index (χ2v) is 4.88. The minimum atomic E-state index is -1.25. The molecule has 7 heteroatoms. The Morgan fingerprint density at radius 3 is 2.50 bits per heavy atom. The van der Waals surface area contributed by atoms with Crippen molar-refractivity contribution >= 4 is 28.9 Å². The predicted octanol–water partition coefficient (Wildman–Crippen LogP) is 3.79. The van der Waals surface area contributed by atoms with Gasteiger partial charge in [-0.2, -0.15) is 0 Å². The molecule has 0 aliphatic rings.